The first kappa shape index (κ1) is 16.0. The molecule has 1 aliphatic rings. The Morgan fingerprint density at radius 1 is 1.40 bits per heavy atom. The second kappa shape index (κ2) is 7.54. The van der Waals surface area contributed by atoms with E-state index < -0.39 is 11.9 Å². The summed E-state index contributed by atoms with van der Waals surface area (Å²) < 4.78 is 12.6. The Balaban J connectivity index is 0.000000286. The van der Waals surface area contributed by atoms with Gasteiger partial charge in [-0.15, -0.1) is 0 Å². The molecule has 0 spiro atoms. The van der Waals surface area contributed by atoms with Crippen molar-refractivity contribution in [2.75, 3.05) is 13.7 Å². The lowest BCUT2D eigenvalue weighted by Crippen LogP contribution is -2.28. The number of alkyl halides is 1. The summed E-state index contributed by atoms with van der Waals surface area (Å²) in [6.45, 7) is -0.243. The topological polar surface area (TPSA) is 90.7 Å². The molecule has 2 atom stereocenters. The fraction of sp³-hybridized carbons (Fsp3) is 0.462. The van der Waals surface area contributed by atoms with Crippen LogP contribution in [-0.4, -0.2) is 51.8 Å². The lowest BCUT2D eigenvalue weighted by Gasteiger charge is -2.23. The van der Waals surface area contributed by atoms with Crippen LogP contribution in [0, 0.1) is 0 Å². The third-order valence-electron chi connectivity index (χ3n) is 3.27. The smallest absolute Gasteiger partial charge is 0.414 e. The van der Waals surface area contributed by atoms with E-state index in [1.807, 2.05) is 19.3 Å². The van der Waals surface area contributed by atoms with Crippen LogP contribution < -0.4 is 0 Å². The van der Waals surface area contributed by atoms with E-state index in [9.17, 15) is 4.39 Å². The molecule has 110 valence electrons. The predicted octanol–water partition coefficient (Wildman–Crippen LogP) is 1.34. The number of carbonyl (C=O) groups is 2. The van der Waals surface area contributed by atoms with Gasteiger partial charge in [0.05, 0.1) is 0 Å². The Hall–Kier alpha value is -2.02. The second-order valence-electron chi connectivity index (χ2n) is 4.46. The van der Waals surface area contributed by atoms with Crippen LogP contribution in [0.5, 0.6) is 0 Å². The molecule has 7 heteroatoms. The largest absolute Gasteiger partial charge is 0.473 e. The summed E-state index contributed by atoms with van der Waals surface area (Å²) in [7, 11) is 1.99. The molecule has 0 amide bonds. The number of rotatable bonds is 2. The molecule has 1 aliphatic heterocycles. The van der Waals surface area contributed by atoms with Crippen molar-refractivity contribution in [2.45, 2.75) is 24.9 Å². The maximum Gasteiger partial charge on any atom is 0.414 e. The van der Waals surface area contributed by atoms with Crippen molar-refractivity contribution < 1.29 is 24.2 Å². The fourth-order valence-electron chi connectivity index (χ4n) is 2.17. The summed E-state index contributed by atoms with van der Waals surface area (Å²) in [4.78, 5) is 24.4. The Morgan fingerprint density at radius 3 is 2.45 bits per heavy atom. The molecule has 1 aromatic rings. The molecule has 20 heavy (non-hydrogen) atoms. The minimum absolute atomic E-state index is 0.0974. The third kappa shape index (κ3) is 4.27. The Kier molecular flexibility index (Phi) is 6.05. The van der Waals surface area contributed by atoms with Gasteiger partial charge in [0.1, 0.15) is 6.67 Å². The third-order valence-corrected chi connectivity index (χ3v) is 3.27. The van der Waals surface area contributed by atoms with Crippen LogP contribution in [0.2, 0.25) is 0 Å². The molecule has 6 nitrogen and oxygen atoms in total. The first-order chi connectivity index (χ1) is 9.47. The lowest BCUT2D eigenvalue weighted by molar-refractivity contribution is -0.159. The van der Waals surface area contributed by atoms with Crippen LogP contribution in [-0.2, 0) is 9.59 Å². The second-order valence-corrected chi connectivity index (χ2v) is 4.46. The van der Waals surface area contributed by atoms with Gasteiger partial charge in [0.25, 0.3) is 0 Å². The number of carboxylic acids is 2. The van der Waals surface area contributed by atoms with Gasteiger partial charge in [-0.25, -0.2) is 14.0 Å². The molecule has 2 unspecified atom stereocenters. The molecule has 2 heterocycles. The minimum Gasteiger partial charge on any atom is -0.473 e. The molecule has 1 aromatic heterocycles. The summed E-state index contributed by atoms with van der Waals surface area (Å²) in [5.74, 6) is -3.65. The van der Waals surface area contributed by atoms with Crippen molar-refractivity contribution in [3.05, 3.63) is 30.1 Å². The van der Waals surface area contributed by atoms with E-state index in [2.05, 4.69) is 16.0 Å². The summed E-state index contributed by atoms with van der Waals surface area (Å²) in [5, 5.41) is 14.8. The van der Waals surface area contributed by atoms with Gasteiger partial charge < -0.3 is 10.2 Å². The zero-order chi connectivity index (χ0) is 15.1. The number of aromatic nitrogens is 1. The molecule has 1 fully saturated rings. The summed E-state index contributed by atoms with van der Waals surface area (Å²) >= 11 is 0. The highest BCUT2D eigenvalue weighted by atomic mass is 19.1. The number of hydrogen-bond donors (Lipinski definition) is 2. The molecule has 2 rings (SSSR count). The zero-order valence-electron chi connectivity index (χ0n) is 11.1. The van der Waals surface area contributed by atoms with Crippen molar-refractivity contribution in [3.63, 3.8) is 0 Å². The average molecular weight is 284 g/mol. The van der Waals surface area contributed by atoms with Gasteiger partial charge >= 0.3 is 11.9 Å². The average Bonchev–Trinajstić information content (AvgIpc) is 2.81. The summed E-state index contributed by atoms with van der Waals surface area (Å²) in [6, 6.07) is 4.45. The van der Waals surface area contributed by atoms with E-state index in [1.54, 1.807) is 6.20 Å². The monoisotopic (exact) mass is 284 g/mol. The summed E-state index contributed by atoms with van der Waals surface area (Å²) in [6.07, 6.45) is 5.64. The van der Waals surface area contributed by atoms with Gasteiger partial charge in [0.2, 0.25) is 0 Å². The van der Waals surface area contributed by atoms with Crippen LogP contribution in [0.4, 0.5) is 4.39 Å². The maximum atomic E-state index is 12.6. The highest BCUT2D eigenvalue weighted by Gasteiger charge is 2.31. The molecule has 0 radical (unpaired) electrons. The molecular weight excluding hydrogens is 267 g/mol. The van der Waals surface area contributed by atoms with E-state index in [-0.39, 0.29) is 12.7 Å². The molecule has 1 saturated heterocycles. The first-order valence-electron chi connectivity index (χ1n) is 6.11. The fourth-order valence-corrected chi connectivity index (χ4v) is 2.17. The van der Waals surface area contributed by atoms with Crippen LogP contribution in [0.3, 0.4) is 0 Å². The zero-order valence-corrected chi connectivity index (χ0v) is 11.1. The van der Waals surface area contributed by atoms with Gasteiger partial charge in [-0.05, 0) is 31.5 Å². The van der Waals surface area contributed by atoms with E-state index >= 15 is 0 Å². The molecule has 0 aliphatic carbocycles. The van der Waals surface area contributed by atoms with Crippen molar-refractivity contribution in [1.82, 2.24) is 9.88 Å². The SMILES string of the molecule is CN1C(CF)CCC1c1cccnc1.O=C(O)C(=O)O. The van der Waals surface area contributed by atoms with Crippen LogP contribution in [0.25, 0.3) is 0 Å². The minimum atomic E-state index is -1.82. The van der Waals surface area contributed by atoms with Crippen molar-refractivity contribution in [3.8, 4) is 0 Å². The Morgan fingerprint density at radius 2 is 2.05 bits per heavy atom. The molecule has 0 saturated carbocycles. The van der Waals surface area contributed by atoms with Crippen LogP contribution in [0.15, 0.2) is 24.5 Å². The quantitative estimate of drug-likeness (QED) is 0.796. The molecule has 2 N–H and O–H groups in total. The molecule has 0 aromatic carbocycles. The lowest BCUT2D eigenvalue weighted by atomic mass is 10.1. The maximum absolute atomic E-state index is 12.6. The number of carboxylic acid groups (broad SMARTS) is 2. The normalized spacial score (nSPS) is 21.9. The standard InChI is InChI=1S/C11H15FN2.C2H2O4/c1-14-10(7-12)4-5-11(14)9-3-2-6-13-8-9;3-1(4)2(5)6/h2-3,6,8,10-11H,4-5,7H2,1H3;(H,3,4)(H,5,6). The van der Waals surface area contributed by atoms with Crippen molar-refractivity contribution in [2.24, 2.45) is 0 Å². The van der Waals surface area contributed by atoms with Gasteiger partial charge in [-0.1, -0.05) is 6.07 Å². The first-order valence-corrected chi connectivity index (χ1v) is 6.11. The van der Waals surface area contributed by atoms with Gasteiger partial charge in [-0.2, -0.15) is 0 Å². The number of halogens is 1. The number of hydrogen-bond acceptors (Lipinski definition) is 4. The van der Waals surface area contributed by atoms with E-state index in [0.29, 0.717) is 6.04 Å². The van der Waals surface area contributed by atoms with Crippen LogP contribution >= 0.6 is 0 Å². The van der Waals surface area contributed by atoms with E-state index in [4.69, 9.17) is 19.8 Å². The molecular formula is C13H17FN2O4. The van der Waals surface area contributed by atoms with Gasteiger partial charge in [0, 0.05) is 24.5 Å². The number of nitrogens with zero attached hydrogens (tertiary/aromatic N) is 2. The molecule has 0 bridgehead atoms. The predicted molar refractivity (Wildman–Crippen MR) is 69.0 cm³/mol. The van der Waals surface area contributed by atoms with Gasteiger partial charge in [-0.3, -0.25) is 9.88 Å². The number of aliphatic carboxylic acids is 2. The Labute approximate surface area is 115 Å². The van der Waals surface area contributed by atoms with E-state index in [1.165, 1.54) is 5.56 Å². The number of likely N-dealkylation sites (tertiary alicyclic amines) is 1. The van der Waals surface area contributed by atoms with Crippen molar-refractivity contribution >= 4 is 11.9 Å². The van der Waals surface area contributed by atoms with Crippen LogP contribution in [0.1, 0.15) is 24.4 Å². The van der Waals surface area contributed by atoms with Crippen molar-refractivity contribution in [1.29, 1.82) is 0 Å². The number of pyridine rings is 1. The van der Waals surface area contributed by atoms with Gasteiger partial charge in [0.15, 0.2) is 0 Å². The Bertz CT molecular complexity index is 443. The van der Waals surface area contributed by atoms with E-state index in [0.717, 1.165) is 12.8 Å². The highest BCUT2D eigenvalue weighted by Crippen LogP contribution is 2.34. The summed E-state index contributed by atoms with van der Waals surface area (Å²) in [5.41, 5.74) is 1.20. The highest BCUT2D eigenvalue weighted by molar-refractivity contribution is 6.27.